The van der Waals surface area contributed by atoms with Crippen LogP contribution in [-0.4, -0.2) is 29.5 Å². The highest BCUT2D eigenvalue weighted by Gasteiger charge is 2.01. The molecule has 0 atom stereocenters. The highest BCUT2D eigenvalue weighted by atomic mass is 15.1. The first-order chi connectivity index (χ1) is 9.74. The molecule has 0 N–H and O–H groups in total. The van der Waals surface area contributed by atoms with Crippen LogP contribution >= 0.6 is 0 Å². The lowest BCUT2D eigenvalue weighted by atomic mass is 10.2. The van der Waals surface area contributed by atoms with Crippen molar-refractivity contribution in [1.82, 2.24) is 9.88 Å². The minimum Gasteiger partial charge on any atom is -0.303 e. The molecular weight excluding hydrogens is 244 g/mol. The molecule has 0 saturated heterocycles. The van der Waals surface area contributed by atoms with Crippen LogP contribution in [0.5, 0.6) is 0 Å². The van der Waals surface area contributed by atoms with Crippen LogP contribution in [0.25, 0.3) is 0 Å². The third-order valence-electron chi connectivity index (χ3n) is 3.30. The van der Waals surface area contributed by atoms with Gasteiger partial charge in [0.2, 0.25) is 0 Å². The van der Waals surface area contributed by atoms with Crippen molar-refractivity contribution in [3.8, 4) is 0 Å². The molecule has 0 aliphatic rings. The van der Waals surface area contributed by atoms with Crippen molar-refractivity contribution in [3.05, 3.63) is 30.1 Å². The fourth-order valence-corrected chi connectivity index (χ4v) is 1.93. The van der Waals surface area contributed by atoms with E-state index >= 15 is 0 Å². The molecule has 1 heterocycles. The van der Waals surface area contributed by atoms with E-state index in [1.54, 1.807) is 6.20 Å². The van der Waals surface area contributed by atoms with Gasteiger partial charge in [-0.25, -0.2) is 0 Å². The lowest BCUT2D eigenvalue weighted by molar-refractivity contribution is 0.261. The Morgan fingerprint density at radius 3 is 1.60 bits per heavy atom. The van der Waals surface area contributed by atoms with Gasteiger partial charge in [-0.1, -0.05) is 46.1 Å². The van der Waals surface area contributed by atoms with E-state index in [2.05, 4.69) is 30.7 Å². The highest BCUT2D eigenvalue weighted by Crippen LogP contribution is 2.01. The normalized spacial score (nSPS) is 10.2. The van der Waals surface area contributed by atoms with E-state index in [-0.39, 0.29) is 0 Å². The average molecular weight is 278 g/mol. The van der Waals surface area contributed by atoms with Gasteiger partial charge in [0.15, 0.2) is 0 Å². The summed E-state index contributed by atoms with van der Waals surface area (Å²) in [5.41, 5.74) is 1.07. The number of unbranched alkanes of at least 4 members (excludes halogenated alkanes) is 3. The summed E-state index contributed by atoms with van der Waals surface area (Å²) in [4.78, 5) is 6.61. The summed E-state index contributed by atoms with van der Waals surface area (Å²) in [5.74, 6) is 0. The quantitative estimate of drug-likeness (QED) is 0.626. The second kappa shape index (κ2) is 14.5. The molecule has 1 aromatic rings. The molecule has 0 aliphatic carbocycles. The maximum Gasteiger partial charge on any atom is 0.0372 e. The summed E-state index contributed by atoms with van der Waals surface area (Å²) < 4.78 is 0. The van der Waals surface area contributed by atoms with Gasteiger partial charge in [0, 0.05) is 11.9 Å². The summed E-state index contributed by atoms with van der Waals surface area (Å²) in [6.07, 6.45) is 9.88. The van der Waals surface area contributed by atoms with Crippen LogP contribution in [0.15, 0.2) is 24.4 Å². The molecule has 1 rings (SSSR count). The number of nitrogens with zero attached hydrogens (tertiary/aromatic N) is 2. The van der Waals surface area contributed by atoms with Crippen molar-refractivity contribution >= 4 is 0 Å². The molecule has 116 valence electrons. The zero-order chi connectivity index (χ0) is 15.1. The van der Waals surface area contributed by atoms with Crippen molar-refractivity contribution in [3.63, 3.8) is 0 Å². The molecule has 0 bridgehead atoms. The first-order valence-electron chi connectivity index (χ1n) is 8.34. The minimum absolute atomic E-state index is 1.07. The van der Waals surface area contributed by atoms with E-state index in [1.165, 1.54) is 58.2 Å². The van der Waals surface area contributed by atoms with Crippen molar-refractivity contribution < 1.29 is 0 Å². The third kappa shape index (κ3) is 12.2. The molecule has 20 heavy (non-hydrogen) atoms. The van der Waals surface area contributed by atoms with Crippen LogP contribution in [0.3, 0.4) is 0 Å². The van der Waals surface area contributed by atoms with Gasteiger partial charge < -0.3 is 4.90 Å². The van der Waals surface area contributed by atoms with Gasteiger partial charge in [-0.15, -0.1) is 0 Å². The highest BCUT2D eigenvalue weighted by molar-refractivity contribution is 4.99. The Kier molecular flexibility index (Phi) is 13.9. The smallest absolute Gasteiger partial charge is 0.0372 e. The van der Waals surface area contributed by atoms with E-state index in [4.69, 9.17) is 0 Å². The molecule has 0 unspecified atom stereocenters. The van der Waals surface area contributed by atoms with Crippen LogP contribution in [-0.2, 0) is 0 Å². The van der Waals surface area contributed by atoms with Crippen molar-refractivity contribution in [2.45, 2.75) is 66.2 Å². The largest absolute Gasteiger partial charge is 0.303 e. The van der Waals surface area contributed by atoms with E-state index < -0.39 is 0 Å². The Bertz CT molecular complexity index is 266. The van der Waals surface area contributed by atoms with Crippen LogP contribution in [0, 0.1) is 6.92 Å². The van der Waals surface area contributed by atoms with Gasteiger partial charge in [0.1, 0.15) is 0 Å². The van der Waals surface area contributed by atoms with Crippen LogP contribution in [0.4, 0.5) is 0 Å². The zero-order valence-corrected chi connectivity index (χ0v) is 14.1. The van der Waals surface area contributed by atoms with Crippen LogP contribution in [0.1, 0.15) is 65.0 Å². The van der Waals surface area contributed by atoms with Crippen molar-refractivity contribution in [1.29, 1.82) is 0 Å². The van der Waals surface area contributed by atoms with Gasteiger partial charge in [0.25, 0.3) is 0 Å². The second-order valence-corrected chi connectivity index (χ2v) is 5.37. The van der Waals surface area contributed by atoms with Gasteiger partial charge >= 0.3 is 0 Å². The third-order valence-corrected chi connectivity index (χ3v) is 3.30. The van der Waals surface area contributed by atoms with E-state index in [1.807, 2.05) is 25.1 Å². The molecule has 2 heteroatoms. The summed E-state index contributed by atoms with van der Waals surface area (Å²) in [6.45, 7) is 12.7. The molecular formula is C18H34N2. The van der Waals surface area contributed by atoms with Crippen molar-refractivity contribution in [2.24, 2.45) is 0 Å². The number of aryl methyl sites for hydroxylation is 1. The standard InChI is InChI=1S/C12H27N.C6H7N/c1-4-7-10-13(11-8-5-2)12-9-6-3;1-6-4-2-3-5-7-6/h4-12H2,1-3H3;2-5H,1H3. The maximum absolute atomic E-state index is 3.98. The lowest BCUT2D eigenvalue weighted by Gasteiger charge is -2.21. The molecule has 0 aromatic carbocycles. The van der Waals surface area contributed by atoms with Gasteiger partial charge in [-0.2, -0.15) is 0 Å². The molecule has 0 fully saturated rings. The summed E-state index contributed by atoms with van der Waals surface area (Å²) in [6, 6.07) is 5.86. The molecule has 0 amide bonds. The van der Waals surface area contributed by atoms with E-state index in [0.29, 0.717) is 0 Å². The maximum atomic E-state index is 3.98. The predicted molar refractivity (Wildman–Crippen MR) is 90.1 cm³/mol. The Morgan fingerprint density at radius 1 is 0.850 bits per heavy atom. The Morgan fingerprint density at radius 2 is 1.35 bits per heavy atom. The first kappa shape index (κ1) is 19.1. The minimum atomic E-state index is 1.07. The summed E-state index contributed by atoms with van der Waals surface area (Å²) in [7, 11) is 0. The number of pyridine rings is 1. The number of hydrogen-bond donors (Lipinski definition) is 0. The van der Waals surface area contributed by atoms with E-state index in [9.17, 15) is 0 Å². The van der Waals surface area contributed by atoms with Gasteiger partial charge in [-0.05, 0) is 58.0 Å². The fourth-order valence-electron chi connectivity index (χ4n) is 1.93. The Hall–Kier alpha value is -0.890. The summed E-state index contributed by atoms with van der Waals surface area (Å²) >= 11 is 0. The lowest BCUT2D eigenvalue weighted by Crippen LogP contribution is -2.27. The van der Waals surface area contributed by atoms with Crippen LogP contribution in [0.2, 0.25) is 0 Å². The van der Waals surface area contributed by atoms with Crippen molar-refractivity contribution in [2.75, 3.05) is 19.6 Å². The zero-order valence-electron chi connectivity index (χ0n) is 14.1. The molecule has 0 radical (unpaired) electrons. The van der Waals surface area contributed by atoms with Gasteiger partial charge in [0.05, 0.1) is 0 Å². The van der Waals surface area contributed by atoms with Gasteiger partial charge in [-0.3, -0.25) is 4.98 Å². The number of rotatable bonds is 9. The predicted octanol–water partition coefficient (Wildman–Crippen LogP) is 5.08. The Balaban J connectivity index is 0.000000428. The molecule has 1 aromatic heterocycles. The number of hydrogen-bond acceptors (Lipinski definition) is 2. The average Bonchev–Trinajstić information content (AvgIpc) is 2.48. The molecule has 0 saturated carbocycles. The molecule has 2 nitrogen and oxygen atoms in total. The monoisotopic (exact) mass is 278 g/mol. The molecule has 0 aliphatic heterocycles. The number of aromatic nitrogens is 1. The van der Waals surface area contributed by atoms with E-state index in [0.717, 1.165) is 5.69 Å². The summed E-state index contributed by atoms with van der Waals surface area (Å²) in [5, 5.41) is 0. The second-order valence-electron chi connectivity index (χ2n) is 5.37. The topological polar surface area (TPSA) is 16.1 Å². The van der Waals surface area contributed by atoms with Crippen LogP contribution < -0.4 is 0 Å². The first-order valence-corrected chi connectivity index (χ1v) is 8.34. The SMILES string of the molecule is CCCCN(CCCC)CCCC.Cc1ccccn1. The fraction of sp³-hybridized carbons (Fsp3) is 0.722. The Labute approximate surface area is 126 Å². The molecule has 0 spiro atoms.